The molecule has 0 bridgehead atoms. The Kier molecular flexibility index (Phi) is 4.71. The molecular weight excluding hydrogens is 303 g/mol. The topological polar surface area (TPSA) is 33.0 Å². The molecule has 21 heavy (non-hydrogen) atoms. The maximum absolute atomic E-state index is 13.7. The van der Waals surface area contributed by atoms with Crippen molar-refractivity contribution in [1.29, 1.82) is 5.26 Å². The highest BCUT2D eigenvalue weighted by atomic mass is 35.5. The molecule has 0 atom stereocenters. The molecule has 0 heterocycles. The first-order valence-corrected chi connectivity index (χ1v) is 6.43. The van der Waals surface area contributed by atoms with Crippen molar-refractivity contribution < 1.29 is 17.9 Å². The highest BCUT2D eigenvalue weighted by Gasteiger charge is 2.14. The lowest BCUT2D eigenvalue weighted by Gasteiger charge is -2.10. The minimum absolute atomic E-state index is 0.0294. The van der Waals surface area contributed by atoms with E-state index in [0.29, 0.717) is 0 Å². The van der Waals surface area contributed by atoms with Gasteiger partial charge in [-0.25, -0.2) is 13.2 Å². The second-order valence-corrected chi connectivity index (χ2v) is 4.50. The Morgan fingerprint density at radius 3 is 2.24 bits per heavy atom. The summed E-state index contributed by atoms with van der Waals surface area (Å²) in [6.45, 7) is -0.356. The van der Waals surface area contributed by atoms with Gasteiger partial charge in [-0.05, 0) is 29.8 Å². The molecule has 2 aromatic rings. The number of hydrogen-bond acceptors (Lipinski definition) is 2. The second-order valence-electron chi connectivity index (χ2n) is 4.23. The van der Waals surface area contributed by atoms with E-state index in [2.05, 4.69) is 0 Å². The van der Waals surface area contributed by atoms with Gasteiger partial charge in [0.15, 0.2) is 17.4 Å². The van der Waals surface area contributed by atoms with Crippen molar-refractivity contribution in [3.63, 3.8) is 0 Å². The number of halogens is 4. The zero-order valence-electron chi connectivity index (χ0n) is 10.7. The summed E-state index contributed by atoms with van der Waals surface area (Å²) in [6.07, 6.45) is 0. The molecule has 108 valence electrons. The van der Waals surface area contributed by atoms with Crippen molar-refractivity contribution in [1.82, 2.24) is 0 Å². The Balaban J connectivity index is 2.19. The quantitative estimate of drug-likeness (QED) is 0.789. The number of nitrogens with zero attached hydrogens (tertiary/aromatic N) is 1. The largest absolute Gasteiger partial charge is 0.483 e. The Bertz CT molecular complexity index is 690. The maximum atomic E-state index is 13.7. The zero-order chi connectivity index (χ0) is 15.4. The Labute approximate surface area is 124 Å². The summed E-state index contributed by atoms with van der Waals surface area (Å²) in [7, 11) is 0. The number of alkyl halides is 1. The van der Waals surface area contributed by atoms with Crippen LogP contribution in [0.5, 0.6) is 5.75 Å². The lowest BCUT2D eigenvalue weighted by atomic mass is 10.1. The molecule has 2 aromatic carbocycles. The fourth-order valence-corrected chi connectivity index (χ4v) is 1.87. The lowest BCUT2D eigenvalue weighted by molar-refractivity contribution is 0.269. The number of benzene rings is 2. The molecule has 2 rings (SSSR count). The molecule has 6 heteroatoms. The van der Waals surface area contributed by atoms with E-state index in [1.54, 1.807) is 6.07 Å². The van der Waals surface area contributed by atoms with Crippen LogP contribution < -0.4 is 4.74 Å². The molecule has 0 aliphatic carbocycles. The predicted octanol–water partition coefficient (Wildman–Crippen LogP) is 4.29. The summed E-state index contributed by atoms with van der Waals surface area (Å²) >= 11 is 5.50. The zero-order valence-corrected chi connectivity index (χ0v) is 11.4. The highest BCUT2D eigenvalue weighted by Crippen LogP contribution is 2.25. The van der Waals surface area contributed by atoms with Crippen LogP contribution in [0.2, 0.25) is 0 Å². The van der Waals surface area contributed by atoms with E-state index in [4.69, 9.17) is 21.6 Å². The molecule has 0 radical (unpaired) electrons. The van der Waals surface area contributed by atoms with Crippen LogP contribution in [-0.2, 0) is 12.5 Å². The van der Waals surface area contributed by atoms with Crippen LogP contribution in [0.25, 0.3) is 0 Å². The van der Waals surface area contributed by atoms with E-state index in [9.17, 15) is 13.2 Å². The molecule has 0 amide bonds. The third-order valence-electron chi connectivity index (χ3n) is 2.77. The van der Waals surface area contributed by atoms with E-state index < -0.39 is 23.2 Å². The first-order chi connectivity index (χ1) is 10.0. The van der Waals surface area contributed by atoms with Gasteiger partial charge in [0, 0.05) is 11.4 Å². The van der Waals surface area contributed by atoms with E-state index in [1.165, 1.54) is 12.1 Å². The Morgan fingerprint density at radius 1 is 1.05 bits per heavy atom. The monoisotopic (exact) mass is 311 g/mol. The first kappa shape index (κ1) is 15.2. The van der Waals surface area contributed by atoms with Crippen LogP contribution in [-0.4, -0.2) is 0 Å². The van der Waals surface area contributed by atoms with Gasteiger partial charge in [0.25, 0.3) is 0 Å². The van der Waals surface area contributed by atoms with E-state index in [0.717, 1.165) is 18.2 Å². The molecule has 0 spiro atoms. The van der Waals surface area contributed by atoms with Gasteiger partial charge in [-0.1, -0.05) is 6.07 Å². The van der Waals surface area contributed by atoms with Crippen LogP contribution in [0.4, 0.5) is 13.2 Å². The standard InChI is InChI=1S/C15H9ClF3NO/c16-6-10-4-13(18)15(14(19)5-10)21-8-11-2-1-9(7-20)3-12(11)17/h1-5H,6,8H2. The lowest BCUT2D eigenvalue weighted by Crippen LogP contribution is -2.03. The van der Waals surface area contributed by atoms with Gasteiger partial charge in [-0.15, -0.1) is 11.6 Å². The number of rotatable bonds is 4. The van der Waals surface area contributed by atoms with Crippen molar-refractivity contribution in [3.8, 4) is 11.8 Å². The van der Waals surface area contributed by atoms with Gasteiger partial charge >= 0.3 is 0 Å². The molecule has 0 aliphatic rings. The summed E-state index contributed by atoms with van der Waals surface area (Å²) < 4.78 is 45.9. The fraction of sp³-hybridized carbons (Fsp3) is 0.133. The van der Waals surface area contributed by atoms with Gasteiger partial charge in [0.05, 0.1) is 11.6 Å². The molecule has 0 fully saturated rings. The van der Waals surface area contributed by atoms with Crippen molar-refractivity contribution in [3.05, 3.63) is 64.5 Å². The van der Waals surface area contributed by atoms with Crippen molar-refractivity contribution in [2.75, 3.05) is 0 Å². The average molecular weight is 312 g/mol. The number of nitriles is 1. The molecule has 0 aliphatic heterocycles. The van der Waals surface area contributed by atoms with Crippen molar-refractivity contribution >= 4 is 11.6 Å². The van der Waals surface area contributed by atoms with Gasteiger partial charge in [0.1, 0.15) is 12.4 Å². The Morgan fingerprint density at radius 2 is 1.71 bits per heavy atom. The fourth-order valence-electron chi connectivity index (χ4n) is 1.71. The maximum Gasteiger partial charge on any atom is 0.191 e. The summed E-state index contributed by atoms with van der Waals surface area (Å²) in [5.74, 6) is -3.10. The molecule has 0 unspecified atom stereocenters. The van der Waals surface area contributed by atoms with E-state index in [1.807, 2.05) is 0 Å². The van der Waals surface area contributed by atoms with E-state index in [-0.39, 0.29) is 29.2 Å². The summed E-state index contributed by atoms with van der Waals surface area (Å²) in [5, 5.41) is 8.63. The van der Waals surface area contributed by atoms with Crippen molar-refractivity contribution in [2.45, 2.75) is 12.5 Å². The smallest absolute Gasteiger partial charge is 0.191 e. The van der Waals surface area contributed by atoms with Crippen LogP contribution in [0.3, 0.4) is 0 Å². The minimum Gasteiger partial charge on any atom is -0.483 e. The van der Waals surface area contributed by atoms with Crippen LogP contribution in [0.1, 0.15) is 16.7 Å². The molecule has 2 nitrogen and oxygen atoms in total. The third kappa shape index (κ3) is 3.47. The first-order valence-electron chi connectivity index (χ1n) is 5.90. The van der Waals surface area contributed by atoms with Gasteiger partial charge < -0.3 is 4.74 Å². The van der Waals surface area contributed by atoms with Crippen molar-refractivity contribution in [2.24, 2.45) is 0 Å². The third-order valence-corrected chi connectivity index (χ3v) is 3.08. The van der Waals surface area contributed by atoms with Crippen LogP contribution in [0.15, 0.2) is 30.3 Å². The molecule has 0 N–H and O–H groups in total. The van der Waals surface area contributed by atoms with Gasteiger partial charge in [-0.3, -0.25) is 0 Å². The number of ether oxygens (including phenoxy) is 1. The van der Waals surface area contributed by atoms with Gasteiger partial charge in [0.2, 0.25) is 0 Å². The average Bonchev–Trinajstić information content (AvgIpc) is 2.47. The molecular formula is C15H9ClF3NO. The number of hydrogen-bond donors (Lipinski definition) is 0. The van der Waals surface area contributed by atoms with Gasteiger partial charge in [-0.2, -0.15) is 5.26 Å². The minimum atomic E-state index is -0.903. The SMILES string of the molecule is N#Cc1ccc(COc2c(F)cc(CCl)cc2F)c(F)c1. The predicted molar refractivity (Wildman–Crippen MR) is 71.4 cm³/mol. The second kappa shape index (κ2) is 6.51. The summed E-state index contributed by atoms with van der Waals surface area (Å²) in [4.78, 5) is 0. The molecule has 0 saturated heterocycles. The van der Waals surface area contributed by atoms with Crippen LogP contribution in [0, 0.1) is 28.8 Å². The summed E-state index contributed by atoms with van der Waals surface area (Å²) in [5.41, 5.74) is 0.526. The normalized spacial score (nSPS) is 10.2. The van der Waals surface area contributed by atoms with Crippen LogP contribution >= 0.6 is 11.6 Å². The van der Waals surface area contributed by atoms with E-state index >= 15 is 0 Å². The molecule has 0 saturated carbocycles. The summed E-state index contributed by atoms with van der Waals surface area (Å²) in [6, 6.07) is 7.65. The highest BCUT2D eigenvalue weighted by molar-refractivity contribution is 6.17. The molecule has 0 aromatic heterocycles. The Hall–Kier alpha value is -2.19.